The molecule has 1 radical (unpaired) electrons. The predicted molar refractivity (Wildman–Crippen MR) is 76.6 cm³/mol. The second kappa shape index (κ2) is 6.16. The van der Waals surface area contributed by atoms with Crippen molar-refractivity contribution in [2.75, 3.05) is 11.9 Å². The first-order chi connectivity index (χ1) is 9.63. The van der Waals surface area contributed by atoms with Gasteiger partial charge in [0, 0.05) is 17.2 Å². The summed E-state index contributed by atoms with van der Waals surface area (Å²) < 4.78 is 0. The second-order valence-corrected chi connectivity index (χ2v) is 4.46. The number of nitrogens with two attached hydrogens (primary N) is 2. The average molecular weight is 270 g/mol. The molecule has 1 atom stereocenters. The number of carbonyl (C=O) groups is 2. The molecule has 0 spiro atoms. The second-order valence-electron chi connectivity index (χ2n) is 4.46. The molecule has 0 saturated heterocycles. The number of allylic oxidation sites excluding steroid dienone is 3. The molecule has 1 aromatic carbocycles. The van der Waals surface area contributed by atoms with Crippen LogP contribution in [0.15, 0.2) is 42.0 Å². The predicted octanol–water partition coefficient (Wildman–Crippen LogP) is 0.842. The average Bonchev–Trinajstić information content (AvgIpc) is 2.47. The van der Waals surface area contributed by atoms with Crippen molar-refractivity contribution in [3.63, 3.8) is 0 Å². The Morgan fingerprint density at radius 3 is 2.80 bits per heavy atom. The van der Waals surface area contributed by atoms with Crippen LogP contribution in [0.1, 0.15) is 17.9 Å². The Kier molecular flexibility index (Phi) is 4.32. The number of rotatable bonds is 4. The van der Waals surface area contributed by atoms with E-state index >= 15 is 0 Å². The van der Waals surface area contributed by atoms with E-state index in [1.807, 2.05) is 24.3 Å². The Labute approximate surface area is 117 Å². The molecule has 2 rings (SSSR count). The van der Waals surface area contributed by atoms with E-state index in [1.54, 1.807) is 12.1 Å². The molecule has 1 unspecified atom stereocenters. The molecule has 5 N–H and O–H groups in total. The normalized spacial score (nSPS) is 17.4. The maximum atomic E-state index is 11.5. The molecule has 5 nitrogen and oxygen atoms in total. The number of hydrogen-bond donors (Lipinski definition) is 3. The third-order valence-corrected chi connectivity index (χ3v) is 3.17. The van der Waals surface area contributed by atoms with Gasteiger partial charge < -0.3 is 16.8 Å². The summed E-state index contributed by atoms with van der Waals surface area (Å²) in [5, 5.41) is 2.74. The van der Waals surface area contributed by atoms with Gasteiger partial charge in [-0.2, -0.15) is 0 Å². The lowest BCUT2D eigenvalue weighted by molar-refractivity contribution is -0.115. The Bertz CT molecular complexity index is 591. The van der Waals surface area contributed by atoms with Crippen LogP contribution in [0.5, 0.6) is 0 Å². The number of para-hydroxylation sites is 1. The standard InChI is InChI=1S/C15H16N3O2/c16-9-14(19)18-13-8-4-3-6-11(13)10-5-1-2-7-12(10)15(17)20/h1,3-4,6-8,10H,5,9,16H2,(H2,17,20)(H,18,19). The summed E-state index contributed by atoms with van der Waals surface area (Å²) in [7, 11) is 0. The van der Waals surface area contributed by atoms with Crippen molar-refractivity contribution in [2.24, 2.45) is 11.5 Å². The van der Waals surface area contributed by atoms with Crippen LogP contribution in [0.2, 0.25) is 0 Å². The van der Waals surface area contributed by atoms with Gasteiger partial charge in [0.15, 0.2) is 0 Å². The minimum absolute atomic E-state index is 0.0921. The Balaban J connectivity index is 2.37. The molecule has 0 heterocycles. The molecule has 1 aliphatic carbocycles. The van der Waals surface area contributed by atoms with Gasteiger partial charge in [-0.3, -0.25) is 9.59 Å². The number of primary amides is 1. The highest BCUT2D eigenvalue weighted by molar-refractivity contribution is 5.96. The lowest BCUT2D eigenvalue weighted by Gasteiger charge is -2.22. The van der Waals surface area contributed by atoms with Crippen molar-refractivity contribution >= 4 is 17.5 Å². The molecule has 103 valence electrons. The largest absolute Gasteiger partial charge is 0.366 e. The summed E-state index contributed by atoms with van der Waals surface area (Å²) in [6, 6.07) is 7.32. The molecular weight excluding hydrogens is 254 g/mol. The molecule has 0 saturated carbocycles. The molecule has 5 heteroatoms. The summed E-state index contributed by atoms with van der Waals surface area (Å²) >= 11 is 0. The fourth-order valence-corrected chi connectivity index (χ4v) is 2.22. The van der Waals surface area contributed by atoms with Crippen LogP contribution in [-0.4, -0.2) is 18.4 Å². The minimum Gasteiger partial charge on any atom is -0.366 e. The highest BCUT2D eigenvalue weighted by atomic mass is 16.2. The van der Waals surface area contributed by atoms with Crippen molar-refractivity contribution in [2.45, 2.75) is 12.3 Å². The van der Waals surface area contributed by atoms with E-state index < -0.39 is 5.91 Å². The van der Waals surface area contributed by atoms with E-state index in [4.69, 9.17) is 11.5 Å². The Morgan fingerprint density at radius 1 is 1.35 bits per heavy atom. The van der Waals surface area contributed by atoms with E-state index in [2.05, 4.69) is 11.4 Å². The molecule has 0 aromatic heterocycles. The number of carbonyl (C=O) groups excluding carboxylic acids is 2. The zero-order chi connectivity index (χ0) is 14.5. The molecule has 1 aliphatic rings. The van der Waals surface area contributed by atoms with Crippen molar-refractivity contribution < 1.29 is 9.59 Å². The zero-order valence-corrected chi connectivity index (χ0v) is 10.9. The van der Waals surface area contributed by atoms with Crippen LogP contribution in [0.4, 0.5) is 5.69 Å². The number of amides is 2. The van der Waals surface area contributed by atoms with Crippen molar-refractivity contribution in [1.82, 2.24) is 0 Å². The number of anilines is 1. The smallest absolute Gasteiger partial charge is 0.245 e. The van der Waals surface area contributed by atoms with Gasteiger partial charge in [-0.1, -0.05) is 24.3 Å². The zero-order valence-electron chi connectivity index (χ0n) is 10.9. The van der Waals surface area contributed by atoms with Gasteiger partial charge in [-0.05, 0) is 30.2 Å². The van der Waals surface area contributed by atoms with E-state index in [9.17, 15) is 9.59 Å². The van der Waals surface area contributed by atoms with Crippen LogP contribution < -0.4 is 16.8 Å². The molecule has 2 amide bonds. The number of benzene rings is 1. The van der Waals surface area contributed by atoms with Crippen LogP contribution in [0.25, 0.3) is 0 Å². The van der Waals surface area contributed by atoms with Crippen LogP contribution in [0.3, 0.4) is 0 Å². The molecule has 0 aliphatic heterocycles. The lowest BCUT2D eigenvalue weighted by Crippen LogP contribution is -2.24. The molecule has 1 aromatic rings. The lowest BCUT2D eigenvalue weighted by atomic mass is 9.84. The Morgan fingerprint density at radius 2 is 2.10 bits per heavy atom. The number of hydrogen-bond acceptors (Lipinski definition) is 3. The van der Waals surface area contributed by atoms with E-state index in [0.29, 0.717) is 17.7 Å². The first kappa shape index (κ1) is 14.0. The van der Waals surface area contributed by atoms with Crippen molar-refractivity contribution in [3.8, 4) is 0 Å². The fourth-order valence-electron chi connectivity index (χ4n) is 2.22. The first-order valence-electron chi connectivity index (χ1n) is 6.30. The fraction of sp³-hybridized carbons (Fsp3) is 0.200. The summed E-state index contributed by atoms with van der Waals surface area (Å²) in [6.45, 7) is -0.0921. The topological polar surface area (TPSA) is 98.2 Å². The molecule has 0 bridgehead atoms. The van der Waals surface area contributed by atoms with Crippen molar-refractivity contribution in [1.29, 1.82) is 0 Å². The molecular formula is C15H16N3O2. The number of nitrogens with one attached hydrogen (secondary N) is 1. The van der Waals surface area contributed by atoms with E-state index in [-0.39, 0.29) is 18.4 Å². The van der Waals surface area contributed by atoms with Gasteiger partial charge in [0.2, 0.25) is 11.8 Å². The quantitative estimate of drug-likeness (QED) is 0.756. The van der Waals surface area contributed by atoms with Gasteiger partial charge in [-0.15, -0.1) is 0 Å². The SMILES string of the molecule is NCC(=O)Nc1ccccc1C1CC=[C]C=C1C(N)=O. The van der Waals surface area contributed by atoms with Crippen LogP contribution in [0, 0.1) is 6.08 Å². The highest BCUT2D eigenvalue weighted by Crippen LogP contribution is 2.35. The summed E-state index contributed by atoms with van der Waals surface area (Å²) in [5.41, 5.74) is 12.7. The summed E-state index contributed by atoms with van der Waals surface area (Å²) in [4.78, 5) is 23.0. The highest BCUT2D eigenvalue weighted by Gasteiger charge is 2.24. The van der Waals surface area contributed by atoms with Gasteiger partial charge in [0.25, 0.3) is 0 Å². The van der Waals surface area contributed by atoms with Gasteiger partial charge in [0.1, 0.15) is 0 Å². The molecule has 0 fully saturated rings. The molecule has 20 heavy (non-hydrogen) atoms. The Hall–Kier alpha value is -2.40. The third-order valence-electron chi connectivity index (χ3n) is 3.17. The van der Waals surface area contributed by atoms with Gasteiger partial charge >= 0.3 is 0 Å². The van der Waals surface area contributed by atoms with Crippen LogP contribution in [-0.2, 0) is 9.59 Å². The first-order valence-corrected chi connectivity index (χ1v) is 6.30. The van der Waals surface area contributed by atoms with E-state index in [1.165, 1.54) is 0 Å². The summed E-state index contributed by atoms with van der Waals surface area (Å²) in [6.07, 6.45) is 6.95. The van der Waals surface area contributed by atoms with E-state index in [0.717, 1.165) is 5.56 Å². The maximum absolute atomic E-state index is 11.5. The summed E-state index contributed by atoms with van der Waals surface area (Å²) in [5.74, 6) is -0.932. The van der Waals surface area contributed by atoms with Crippen molar-refractivity contribution in [3.05, 3.63) is 53.6 Å². The minimum atomic E-state index is -0.476. The van der Waals surface area contributed by atoms with Gasteiger partial charge in [0.05, 0.1) is 6.54 Å². The maximum Gasteiger partial charge on any atom is 0.245 e. The van der Waals surface area contributed by atoms with Gasteiger partial charge in [-0.25, -0.2) is 0 Å². The van der Waals surface area contributed by atoms with Crippen LogP contribution >= 0.6 is 0 Å². The third kappa shape index (κ3) is 2.95. The monoisotopic (exact) mass is 270 g/mol.